The molecule has 3 atom stereocenters. The van der Waals surface area contributed by atoms with Gasteiger partial charge in [-0.05, 0) is 18.8 Å². The molecule has 21 heavy (non-hydrogen) atoms. The van der Waals surface area contributed by atoms with Gasteiger partial charge in [-0.15, -0.1) is 0 Å². The zero-order valence-electron chi connectivity index (χ0n) is 12.4. The van der Waals surface area contributed by atoms with Gasteiger partial charge in [-0.2, -0.15) is 0 Å². The first-order valence-corrected chi connectivity index (χ1v) is 8.66. The van der Waals surface area contributed by atoms with E-state index in [1.807, 2.05) is 13.8 Å². The number of sulfonamides is 1. The lowest BCUT2D eigenvalue weighted by atomic mass is 10.0. The Balaban J connectivity index is 2.65. The minimum absolute atomic E-state index is 0.140. The summed E-state index contributed by atoms with van der Waals surface area (Å²) in [5.41, 5.74) is 0. The van der Waals surface area contributed by atoms with Crippen molar-refractivity contribution >= 4 is 21.9 Å². The average molecular weight is 318 g/mol. The number of nitrogens with one attached hydrogen (secondary N) is 2. The quantitative estimate of drug-likeness (QED) is 0.576. The van der Waals surface area contributed by atoms with Crippen molar-refractivity contribution in [3.8, 4) is 0 Å². The Morgan fingerprint density at radius 1 is 1.33 bits per heavy atom. The van der Waals surface area contributed by atoms with Crippen LogP contribution < -0.4 is 10.0 Å². The first-order chi connectivity index (χ1) is 9.58. The normalized spacial score (nSPS) is 23.2. The van der Waals surface area contributed by atoms with Crippen molar-refractivity contribution in [2.24, 2.45) is 11.8 Å². The molecule has 1 rings (SSSR count). The van der Waals surface area contributed by atoms with E-state index in [0.717, 1.165) is 6.26 Å². The lowest BCUT2D eigenvalue weighted by Crippen LogP contribution is -2.49. The number of aliphatic carboxylic acids is 1. The highest BCUT2D eigenvalue weighted by molar-refractivity contribution is 7.88. The van der Waals surface area contributed by atoms with Crippen LogP contribution >= 0.6 is 0 Å². The smallest absolute Gasteiger partial charge is 0.310 e. The third-order valence-corrected chi connectivity index (χ3v) is 3.82. The van der Waals surface area contributed by atoms with Gasteiger partial charge < -0.3 is 10.4 Å². The van der Waals surface area contributed by atoms with Crippen molar-refractivity contribution in [1.82, 2.24) is 10.0 Å². The van der Waals surface area contributed by atoms with Crippen molar-refractivity contribution < 1.29 is 23.1 Å². The molecule has 0 fully saturated rings. The average Bonchev–Trinajstić information content (AvgIpc) is 2.74. The number of hydrogen-bond acceptors (Lipinski definition) is 4. The molecule has 8 heteroatoms. The van der Waals surface area contributed by atoms with Crippen LogP contribution in [-0.2, 0) is 19.6 Å². The van der Waals surface area contributed by atoms with E-state index >= 15 is 0 Å². The maximum Gasteiger partial charge on any atom is 0.310 e. The molecule has 1 aliphatic carbocycles. The highest BCUT2D eigenvalue weighted by Crippen LogP contribution is 2.18. The Hall–Kier alpha value is -1.41. The van der Waals surface area contributed by atoms with Crippen molar-refractivity contribution in [3.63, 3.8) is 0 Å². The third kappa shape index (κ3) is 6.26. The molecule has 0 spiro atoms. The lowest BCUT2D eigenvalue weighted by molar-refractivity contribution is -0.140. The predicted octanol–water partition coefficient (Wildman–Crippen LogP) is 0.0958. The van der Waals surface area contributed by atoms with Crippen molar-refractivity contribution in [2.75, 3.05) is 6.26 Å². The van der Waals surface area contributed by atoms with Crippen molar-refractivity contribution in [3.05, 3.63) is 12.2 Å². The van der Waals surface area contributed by atoms with Gasteiger partial charge in [-0.25, -0.2) is 13.1 Å². The summed E-state index contributed by atoms with van der Waals surface area (Å²) >= 11 is 0. The largest absolute Gasteiger partial charge is 0.481 e. The molecule has 0 aromatic heterocycles. The van der Waals surface area contributed by atoms with Gasteiger partial charge in [0.05, 0.1) is 12.2 Å². The number of carbonyl (C=O) groups excluding carboxylic acids is 1. The molecular formula is C13H22N2O5S. The highest BCUT2D eigenvalue weighted by Gasteiger charge is 2.29. The number of amides is 1. The van der Waals surface area contributed by atoms with Crippen LogP contribution in [0.4, 0.5) is 0 Å². The number of carbonyl (C=O) groups is 2. The van der Waals surface area contributed by atoms with Gasteiger partial charge in [-0.1, -0.05) is 26.0 Å². The molecule has 1 amide bonds. The Kier molecular flexibility index (Phi) is 5.91. The van der Waals surface area contributed by atoms with E-state index in [1.165, 1.54) is 6.08 Å². The van der Waals surface area contributed by atoms with E-state index in [2.05, 4.69) is 10.0 Å². The van der Waals surface area contributed by atoms with E-state index in [-0.39, 0.29) is 18.4 Å². The summed E-state index contributed by atoms with van der Waals surface area (Å²) in [5, 5.41) is 11.6. The van der Waals surface area contributed by atoms with Crippen molar-refractivity contribution in [1.29, 1.82) is 0 Å². The van der Waals surface area contributed by atoms with E-state index in [4.69, 9.17) is 5.11 Å². The summed E-state index contributed by atoms with van der Waals surface area (Å²) in [4.78, 5) is 23.0. The van der Waals surface area contributed by atoms with Crippen LogP contribution in [0.15, 0.2) is 12.2 Å². The van der Waals surface area contributed by atoms with Crippen LogP contribution in [0.3, 0.4) is 0 Å². The van der Waals surface area contributed by atoms with Gasteiger partial charge in [0.1, 0.15) is 6.04 Å². The van der Waals surface area contributed by atoms with Crippen LogP contribution in [0.1, 0.15) is 26.7 Å². The summed E-state index contributed by atoms with van der Waals surface area (Å²) in [7, 11) is -3.49. The number of carboxylic acids is 1. The van der Waals surface area contributed by atoms with Gasteiger partial charge in [0.25, 0.3) is 0 Å². The molecule has 0 aromatic rings. The standard InChI is InChI=1S/C13H22N2O5S/c1-8(2)6-11(15-21(3,19)20)12(16)14-10-5-4-9(7-10)13(17)18/h4-5,8-11,15H,6-7H2,1-3H3,(H,14,16)(H,17,18). The molecule has 0 heterocycles. The van der Waals surface area contributed by atoms with Gasteiger partial charge in [0, 0.05) is 6.04 Å². The molecular weight excluding hydrogens is 296 g/mol. The molecule has 0 radical (unpaired) electrons. The molecule has 0 aromatic carbocycles. The summed E-state index contributed by atoms with van der Waals surface area (Å²) < 4.78 is 25.0. The molecule has 1 aliphatic rings. The molecule has 3 unspecified atom stereocenters. The van der Waals surface area contributed by atoms with Crippen LogP contribution in [-0.4, -0.2) is 43.7 Å². The first-order valence-electron chi connectivity index (χ1n) is 6.77. The minimum Gasteiger partial charge on any atom is -0.481 e. The van der Waals surface area contributed by atoms with Gasteiger partial charge in [0.15, 0.2) is 0 Å². The SMILES string of the molecule is CC(C)CC(NS(C)(=O)=O)C(=O)NC1C=CC(C(=O)O)C1. The number of rotatable bonds is 7. The molecule has 0 saturated heterocycles. The molecule has 120 valence electrons. The van der Waals surface area contributed by atoms with E-state index < -0.39 is 33.9 Å². The fraction of sp³-hybridized carbons (Fsp3) is 0.692. The Bertz CT molecular complexity index is 527. The monoisotopic (exact) mass is 318 g/mol. The van der Waals surface area contributed by atoms with Gasteiger partial charge >= 0.3 is 5.97 Å². The van der Waals surface area contributed by atoms with Crippen LogP contribution in [0.2, 0.25) is 0 Å². The first kappa shape index (κ1) is 17.6. The van der Waals surface area contributed by atoms with Crippen molar-refractivity contribution in [2.45, 2.75) is 38.8 Å². The summed E-state index contributed by atoms with van der Waals surface area (Å²) in [6, 6.07) is -1.23. The van der Waals surface area contributed by atoms with Gasteiger partial charge in [0.2, 0.25) is 15.9 Å². The van der Waals surface area contributed by atoms with E-state index in [0.29, 0.717) is 6.42 Å². The fourth-order valence-corrected chi connectivity index (χ4v) is 2.93. The van der Waals surface area contributed by atoms with Crippen LogP contribution in [0.25, 0.3) is 0 Å². The second kappa shape index (κ2) is 7.04. The fourth-order valence-electron chi connectivity index (χ4n) is 2.21. The maximum absolute atomic E-state index is 12.2. The zero-order valence-corrected chi connectivity index (χ0v) is 13.2. The molecule has 0 aliphatic heterocycles. The third-order valence-electron chi connectivity index (χ3n) is 3.11. The Morgan fingerprint density at radius 2 is 1.95 bits per heavy atom. The van der Waals surface area contributed by atoms with Crippen LogP contribution in [0, 0.1) is 11.8 Å². The summed E-state index contributed by atoms with van der Waals surface area (Å²) in [6.07, 6.45) is 4.83. The summed E-state index contributed by atoms with van der Waals surface area (Å²) in [5.74, 6) is -1.84. The Morgan fingerprint density at radius 3 is 2.38 bits per heavy atom. The molecule has 7 nitrogen and oxygen atoms in total. The second-order valence-corrected chi connectivity index (χ2v) is 7.53. The van der Waals surface area contributed by atoms with E-state index in [1.54, 1.807) is 6.08 Å². The number of carboxylic acid groups (broad SMARTS) is 1. The highest BCUT2D eigenvalue weighted by atomic mass is 32.2. The second-order valence-electron chi connectivity index (χ2n) is 5.75. The molecule has 0 saturated carbocycles. The van der Waals surface area contributed by atoms with Crippen LogP contribution in [0.5, 0.6) is 0 Å². The molecule has 3 N–H and O–H groups in total. The lowest BCUT2D eigenvalue weighted by Gasteiger charge is -2.21. The zero-order chi connectivity index (χ0) is 16.2. The minimum atomic E-state index is -3.49. The number of hydrogen-bond donors (Lipinski definition) is 3. The molecule has 0 bridgehead atoms. The van der Waals surface area contributed by atoms with E-state index in [9.17, 15) is 18.0 Å². The Labute approximate surface area is 124 Å². The predicted molar refractivity (Wildman–Crippen MR) is 78.0 cm³/mol. The maximum atomic E-state index is 12.2. The van der Waals surface area contributed by atoms with Gasteiger partial charge in [-0.3, -0.25) is 9.59 Å². The topological polar surface area (TPSA) is 113 Å². The summed E-state index contributed by atoms with van der Waals surface area (Å²) in [6.45, 7) is 3.78.